The van der Waals surface area contributed by atoms with Crippen LogP contribution >= 0.6 is 11.6 Å². The highest BCUT2D eigenvalue weighted by molar-refractivity contribution is 6.32. The van der Waals surface area contributed by atoms with Crippen molar-refractivity contribution in [3.05, 3.63) is 58.2 Å². The molecule has 0 fully saturated rings. The molecule has 0 unspecified atom stereocenters. The highest BCUT2D eigenvalue weighted by atomic mass is 35.5. The summed E-state index contributed by atoms with van der Waals surface area (Å²) in [5.41, 5.74) is 1.18. The Morgan fingerprint density at radius 2 is 2.00 bits per heavy atom. The van der Waals surface area contributed by atoms with Crippen LogP contribution in [0, 0.1) is 0 Å². The third-order valence-corrected chi connectivity index (χ3v) is 4.12. The van der Waals surface area contributed by atoms with Gasteiger partial charge in [-0.15, -0.1) is 0 Å². The van der Waals surface area contributed by atoms with E-state index in [1.807, 2.05) is 0 Å². The molecule has 1 aliphatic rings. The minimum absolute atomic E-state index is 0.0876. The summed E-state index contributed by atoms with van der Waals surface area (Å²) >= 11 is 6.25. The lowest BCUT2D eigenvalue weighted by atomic mass is 10.1. The molecule has 0 aliphatic carbocycles. The van der Waals surface area contributed by atoms with Crippen LogP contribution in [0.15, 0.2) is 47.1 Å². The van der Waals surface area contributed by atoms with Gasteiger partial charge in [-0.1, -0.05) is 23.7 Å². The van der Waals surface area contributed by atoms with Gasteiger partial charge in [0.05, 0.1) is 24.3 Å². The molecule has 0 radical (unpaired) electrons. The third kappa shape index (κ3) is 4.57. The zero-order valence-electron chi connectivity index (χ0n) is 16.0. The number of cyclic esters (lactones) is 1. The lowest BCUT2D eigenvalue weighted by Gasteiger charge is -2.12. The Kier molecular flexibility index (Phi) is 6.19. The molecule has 0 amide bonds. The monoisotopic (exact) mass is 415 g/mol. The lowest BCUT2D eigenvalue weighted by Crippen LogP contribution is -2.07. The molecule has 0 saturated carbocycles. The highest BCUT2D eigenvalue weighted by Crippen LogP contribution is 2.38. The molecule has 0 bridgehead atoms. The number of methoxy groups -OCH3 is 1. The van der Waals surface area contributed by atoms with Gasteiger partial charge in [0.1, 0.15) is 5.75 Å². The standard InChI is InChI=1S/C21H18ClNO6/c1-4-27-18-11-13(9-15(22)19(18)28-12(2)24)10-16-21(25)29-20(23-16)14-7-5-6-8-17(14)26-3/h5-11H,4H2,1-3H3/b16-10-. The molecule has 0 N–H and O–H groups in total. The Morgan fingerprint density at radius 1 is 1.24 bits per heavy atom. The van der Waals surface area contributed by atoms with Crippen LogP contribution in [0.4, 0.5) is 0 Å². The fraction of sp³-hybridized carbons (Fsp3) is 0.190. The van der Waals surface area contributed by atoms with Gasteiger partial charge in [-0.3, -0.25) is 4.79 Å². The number of nitrogens with zero attached hydrogens (tertiary/aromatic N) is 1. The van der Waals surface area contributed by atoms with Crippen molar-refractivity contribution in [2.75, 3.05) is 13.7 Å². The number of ether oxygens (including phenoxy) is 4. The number of carbonyl (C=O) groups is 2. The Hall–Kier alpha value is -3.32. The Labute approximate surface area is 172 Å². The first-order valence-electron chi connectivity index (χ1n) is 8.73. The first-order valence-corrected chi connectivity index (χ1v) is 9.11. The minimum atomic E-state index is -0.607. The van der Waals surface area contributed by atoms with E-state index in [4.69, 9.17) is 30.5 Å². The number of hydrogen-bond acceptors (Lipinski definition) is 7. The van der Waals surface area contributed by atoms with Crippen molar-refractivity contribution in [2.45, 2.75) is 13.8 Å². The molecule has 1 heterocycles. The normalized spacial score (nSPS) is 14.4. The Morgan fingerprint density at radius 3 is 2.69 bits per heavy atom. The number of para-hydroxylation sites is 1. The summed E-state index contributed by atoms with van der Waals surface area (Å²) < 4.78 is 21.2. The van der Waals surface area contributed by atoms with E-state index in [0.29, 0.717) is 23.5 Å². The van der Waals surface area contributed by atoms with Crippen LogP contribution in [0.25, 0.3) is 6.08 Å². The second-order valence-electron chi connectivity index (χ2n) is 5.89. The van der Waals surface area contributed by atoms with E-state index < -0.39 is 11.9 Å². The van der Waals surface area contributed by atoms with Gasteiger partial charge in [0.15, 0.2) is 17.2 Å². The quantitative estimate of drug-likeness (QED) is 0.402. The summed E-state index contributed by atoms with van der Waals surface area (Å²) in [4.78, 5) is 27.9. The summed E-state index contributed by atoms with van der Waals surface area (Å²) in [6.07, 6.45) is 1.51. The van der Waals surface area contributed by atoms with Gasteiger partial charge in [0.25, 0.3) is 0 Å². The van der Waals surface area contributed by atoms with E-state index in [1.165, 1.54) is 20.1 Å². The predicted molar refractivity (Wildman–Crippen MR) is 108 cm³/mol. The van der Waals surface area contributed by atoms with E-state index in [1.54, 1.807) is 43.3 Å². The molecular weight excluding hydrogens is 398 g/mol. The number of aliphatic imine (C=N–C) groups is 1. The van der Waals surface area contributed by atoms with Crippen molar-refractivity contribution in [3.63, 3.8) is 0 Å². The second kappa shape index (κ2) is 8.79. The molecular formula is C21H18ClNO6. The zero-order chi connectivity index (χ0) is 21.0. The molecule has 3 rings (SSSR count). The molecule has 0 atom stereocenters. The maximum atomic E-state index is 12.3. The molecule has 8 heteroatoms. The van der Waals surface area contributed by atoms with Crippen LogP contribution in [0.2, 0.25) is 5.02 Å². The molecule has 150 valence electrons. The van der Waals surface area contributed by atoms with Gasteiger partial charge in [-0.05, 0) is 42.8 Å². The van der Waals surface area contributed by atoms with Crippen LogP contribution < -0.4 is 14.2 Å². The van der Waals surface area contributed by atoms with Crippen LogP contribution in [0.1, 0.15) is 25.0 Å². The average molecular weight is 416 g/mol. The fourth-order valence-corrected chi connectivity index (χ4v) is 2.94. The molecule has 29 heavy (non-hydrogen) atoms. The third-order valence-electron chi connectivity index (χ3n) is 3.84. The number of hydrogen-bond donors (Lipinski definition) is 0. The molecule has 0 aromatic heterocycles. The van der Waals surface area contributed by atoms with Gasteiger partial charge >= 0.3 is 11.9 Å². The SMILES string of the molecule is CCOc1cc(/C=C2\N=C(c3ccccc3OC)OC2=O)cc(Cl)c1OC(C)=O. The van der Waals surface area contributed by atoms with E-state index in [2.05, 4.69) is 4.99 Å². The number of benzene rings is 2. The summed E-state index contributed by atoms with van der Waals surface area (Å²) in [6, 6.07) is 10.2. The summed E-state index contributed by atoms with van der Waals surface area (Å²) in [5, 5.41) is 0.165. The maximum Gasteiger partial charge on any atom is 0.363 e. The topological polar surface area (TPSA) is 83.4 Å². The number of rotatable bonds is 6. The Balaban J connectivity index is 2.00. The maximum absolute atomic E-state index is 12.3. The number of halogens is 1. The molecule has 0 spiro atoms. The predicted octanol–water partition coefficient (Wildman–Crippen LogP) is 4.02. The summed E-state index contributed by atoms with van der Waals surface area (Å²) in [7, 11) is 1.52. The van der Waals surface area contributed by atoms with Crippen LogP contribution in [-0.4, -0.2) is 31.6 Å². The smallest absolute Gasteiger partial charge is 0.363 e. The first-order chi connectivity index (χ1) is 13.9. The molecule has 1 aliphatic heterocycles. The van der Waals surface area contributed by atoms with Crippen LogP contribution in [-0.2, 0) is 14.3 Å². The van der Waals surface area contributed by atoms with E-state index in [9.17, 15) is 9.59 Å². The molecule has 0 saturated heterocycles. The fourth-order valence-electron chi connectivity index (χ4n) is 2.68. The van der Waals surface area contributed by atoms with Gasteiger partial charge < -0.3 is 18.9 Å². The van der Waals surface area contributed by atoms with Gasteiger partial charge in [0, 0.05) is 6.92 Å². The van der Waals surface area contributed by atoms with Crippen LogP contribution in [0.3, 0.4) is 0 Å². The van der Waals surface area contributed by atoms with Crippen molar-refractivity contribution >= 4 is 35.5 Å². The second-order valence-corrected chi connectivity index (χ2v) is 6.30. The van der Waals surface area contributed by atoms with Crippen molar-refractivity contribution in [2.24, 2.45) is 4.99 Å². The van der Waals surface area contributed by atoms with Gasteiger partial charge in [-0.25, -0.2) is 9.79 Å². The number of carbonyl (C=O) groups excluding carboxylic acids is 2. The zero-order valence-corrected chi connectivity index (χ0v) is 16.8. The minimum Gasteiger partial charge on any atom is -0.496 e. The van der Waals surface area contributed by atoms with Crippen molar-refractivity contribution < 1.29 is 28.5 Å². The molecule has 2 aromatic carbocycles. The summed E-state index contributed by atoms with van der Waals surface area (Å²) in [5.74, 6) is -0.0507. The van der Waals surface area contributed by atoms with Crippen molar-refractivity contribution in [1.82, 2.24) is 0 Å². The van der Waals surface area contributed by atoms with E-state index in [-0.39, 0.29) is 28.1 Å². The molecule has 7 nitrogen and oxygen atoms in total. The summed E-state index contributed by atoms with van der Waals surface area (Å²) in [6.45, 7) is 3.39. The Bertz CT molecular complexity index is 1030. The molecule has 2 aromatic rings. The number of esters is 2. The van der Waals surface area contributed by atoms with E-state index >= 15 is 0 Å². The van der Waals surface area contributed by atoms with Crippen molar-refractivity contribution in [1.29, 1.82) is 0 Å². The van der Waals surface area contributed by atoms with Crippen molar-refractivity contribution in [3.8, 4) is 17.2 Å². The largest absolute Gasteiger partial charge is 0.496 e. The highest BCUT2D eigenvalue weighted by Gasteiger charge is 2.26. The van der Waals surface area contributed by atoms with E-state index in [0.717, 1.165) is 0 Å². The van der Waals surface area contributed by atoms with Gasteiger partial charge in [-0.2, -0.15) is 0 Å². The first kappa shape index (κ1) is 20.4. The van der Waals surface area contributed by atoms with Gasteiger partial charge in [0.2, 0.25) is 5.90 Å². The van der Waals surface area contributed by atoms with Crippen LogP contribution in [0.5, 0.6) is 17.2 Å². The lowest BCUT2D eigenvalue weighted by molar-refractivity contribution is -0.132. The average Bonchev–Trinajstić information content (AvgIpc) is 3.04.